The van der Waals surface area contributed by atoms with Crippen LogP contribution in [0.25, 0.3) is 0 Å². The van der Waals surface area contributed by atoms with Crippen molar-refractivity contribution in [1.29, 1.82) is 0 Å². The fourth-order valence-corrected chi connectivity index (χ4v) is 4.39. The van der Waals surface area contributed by atoms with Gasteiger partial charge in [0.2, 0.25) is 11.7 Å². The summed E-state index contributed by atoms with van der Waals surface area (Å²) in [6.45, 7) is 12.4. The van der Waals surface area contributed by atoms with Crippen LogP contribution in [0.2, 0.25) is 0 Å². The van der Waals surface area contributed by atoms with Gasteiger partial charge in [-0.2, -0.15) is 0 Å². The average molecular weight is 483 g/mol. The lowest BCUT2D eigenvalue weighted by Gasteiger charge is -2.39. The van der Waals surface area contributed by atoms with E-state index in [1.165, 1.54) is 5.56 Å². The Labute approximate surface area is 208 Å². The maximum absolute atomic E-state index is 13.5. The third-order valence-electron chi connectivity index (χ3n) is 6.26. The van der Waals surface area contributed by atoms with Crippen LogP contribution in [0.3, 0.4) is 0 Å². The average Bonchev–Trinajstić information content (AvgIpc) is 2.85. The molecule has 1 saturated heterocycles. The summed E-state index contributed by atoms with van der Waals surface area (Å²) < 4.78 is 17.3. The summed E-state index contributed by atoms with van der Waals surface area (Å²) >= 11 is 0. The Balaban J connectivity index is 1.77. The van der Waals surface area contributed by atoms with E-state index in [0.29, 0.717) is 62.3 Å². The molecule has 1 atom stereocenters. The highest BCUT2D eigenvalue weighted by Crippen LogP contribution is 2.40. The van der Waals surface area contributed by atoms with Crippen LogP contribution in [0.15, 0.2) is 36.4 Å². The van der Waals surface area contributed by atoms with Crippen LogP contribution < -0.4 is 19.5 Å². The van der Waals surface area contributed by atoms with Crippen molar-refractivity contribution in [2.24, 2.45) is 5.41 Å². The molecule has 0 bridgehead atoms. The molecule has 2 aromatic carbocycles. The normalized spacial score (nSPS) is 17.6. The number of nitrogens with zero attached hydrogens (tertiary/aromatic N) is 1. The quantitative estimate of drug-likeness (QED) is 0.529. The third-order valence-corrected chi connectivity index (χ3v) is 6.26. The number of hydrogen-bond donors (Lipinski definition) is 1. The third kappa shape index (κ3) is 6.47. The summed E-state index contributed by atoms with van der Waals surface area (Å²) in [5.41, 5.74) is 2.04. The zero-order chi connectivity index (χ0) is 25.4. The number of rotatable bonds is 10. The number of piperidine rings is 1. The van der Waals surface area contributed by atoms with Gasteiger partial charge in [-0.25, -0.2) is 0 Å². The summed E-state index contributed by atoms with van der Waals surface area (Å²) in [6, 6.07) is 11.5. The number of ether oxygens (including phenoxy) is 3. The molecular formula is C28H38N2O5. The second kappa shape index (κ2) is 12.0. The van der Waals surface area contributed by atoms with Crippen LogP contribution in [0.4, 0.5) is 0 Å². The van der Waals surface area contributed by atoms with Gasteiger partial charge < -0.3 is 24.4 Å². The van der Waals surface area contributed by atoms with Gasteiger partial charge >= 0.3 is 0 Å². The minimum atomic E-state index is -0.657. The number of carbonyl (C=O) groups excluding carboxylic acids is 2. The minimum Gasteiger partial charge on any atom is -0.490 e. The number of hydrogen-bond acceptors (Lipinski definition) is 5. The summed E-state index contributed by atoms with van der Waals surface area (Å²) in [4.78, 5) is 28.5. The lowest BCUT2D eigenvalue weighted by molar-refractivity contribution is -0.132. The van der Waals surface area contributed by atoms with Crippen molar-refractivity contribution in [1.82, 2.24) is 10.2 Å². The fourth-order valence-electron chi connectivity index (χ4n) is 4.39. The molecule has 0 spiro atoms. The van der Waals surface area contributed by atoms with Gasteiger partial charge in [0.05, 0.1) is 25.2 Å². The lowest BCUT2D eigenvalue weighted by atomic mass is 9.80. The van der Waals surface area contributed by atoms with Crippen molar-refractivity contribution >= 4 is 11.8 Å². The molecule has 35 heavy (non-hydrogen) atoms. The molecule has 7 nitrogen and oxygen atoms in total. The molecule has 1 N–H and O–H groups in total. The smallest absolute Gasteiger partial charge is 0.254 e. The molecular weight excluding hydrogens is 444 g/mol. The first kappa shape index (κ1) is 26.4. The molecule has 1 fully saturated rings. The van der Waals surface area contributed by atoms with Crippen LogP contribution >= 0.6 is 0 Å². The Bertz CT molecular complexity index is 994. The number of aryl methyl sites for hydroxylation is 1. The van der Waals surface area contributed by atoms with Gasteiger partial charge in [0, 0.05) is 25.2 Å². The molecule has 0 aromatic heterocycles. The maximum Gasteiger partial charge on any atom is 0.254 e. The number of nitrogens with one attached hydrogen (secondary N) is 1. The fraction of sp³-hybridized carbons (Fsp3) is 0.500. The van der Waals surface area contributed by atoms with Crippen LogP contribution in [-0.4, -0.2) is 49.6 Å². The van der Waals surface area contributed by atoms with E-state index in [2.05, 4.69) is 5.32 Å². The predicted molar refractivity (Wildman–Crippen MR) is 136 cm³/mol. The highest BCUT2D eigenvalue weighted by molar-refractivity contribution is 5.96. The van der Waals surface area contributed by atoms with E-state index in [4.69, 9.17) is 14.2 Å². The molecule has 1 heterocycles. The zero-order valence-electron chi connectivity index (χ0n) is 21.6. The highest BCUT2D eigenvalue weighted by Gasteiger charge is 2.39. The zero-order valence-corrected chi connectivity index (χ0v) is 21.6. The Morgan fingerprint density at radius 2 is 1.57 bits per heavy atom. The van der Waals surface area contributed by atoms with E-state index < -0.39 is 5.41 Å². The van der Waals surface area contributed by atoms with Gasteiger partial charge in [-0.05, 0) is 65.2 Å². The molecule has 0 saturated carbocycles. The SMILES string of the molecule is CCOc1cc(C(=O)N2CCC[C@](C)(C(=O)NCc3ccc(C)cc3)C2)cc(OCC)c1OCC. The molecule has 2 aromatic rings. The van der Waals surface area contributed by atoms with Crippen molar-refractivity contribution in [2.75, 3.05) is 32.9 Å². The first-order valence-corrected chi connectivity index (χ1v) is 12.5. The number of likely N-dealkylation sites (tertiary alicyclic amines) is 1. The van der Waals surface area contributed by atoms with E-state index in [1.807, 2.05) is 58.9 Å². The van der Waals surface area contributed by atoms with E-state index in [9.17, 15) is 9.59 Å². The van der Waals surface area contributed by atoms with Crippen molar-refractivity contribution in [2.45, 2.75) is 54.0 Å². The Morgan fingerprint density at radius 1 is 0.971 bits per heavy atom. The lowest BCUT2D eigenvalue weighted by Crippen LogP contribution is -2.51. The van der Waals surface area contributed by atoms with Gasteiger partial charge in [-0.15, -0.1) is 0 Å². The highest BCUT2D eigenvalue weighted by atomic mass is 16.5. The summed E-state index contributed by atoms with van der Waals surface area (Å²) in [7, 11) is 0. The molecule has 1 aliphatic heterocycles. The topological polar surface area (TPSA) is 77.1 Å². The second-order valence-corrected chi connectivity index (χ2v) is 9.16. The Morgan fingerprint density at radius 3 is 2.14 bits per heavy atom. The van der Waals surface area contributed by atoms with E-state index in [0.717, 1.165) is 18.4 Å². The van der Waals surface area contributed by atoms with Gasteiger partial charge in [-0.3, -0.25) is 9.59 Å². The molecule has 3 rings (SSSR count). The summed E-state index contributed by atoms with van der Waals surface area (Å²) in [5.74, 6) is 1.30. The van der Waals surface area contributed by atoms with E-state index >= 15 is 0 Å². The minimum absolute atomic E-state index is 0.0349. The molecule has 2 amide bonds. The summed E-state index contributed by atoms with van der Waals surface area (Å²) in [5, 5.41) is 3.07. The second-order valence-electron chi connectivity index (χ2n) is 9.16. The van der Waals surface area contributed by atoms with Gasteiger partial charge in [0.15, 0.2) is 11.5 Å². The monoisotopic (exact) mass is 482 g/mol. The molecule has 0 aliphatic carbocycles. The molecule has 0 radical (unpaired) electrons. The van der Waals surface area contributed by atoms with Crippen LogP contribution in [-0.2, 0) is 11.3 Å². The van der Waals surface area contributed by atoms with Crippen molar-refractivity contribution in [3.8, 4) is 17.2 Å². The van der Waals surface area contributed by atoms with Crippen molar-refractivity contribution < 1.29 is 23.8 Å². The van der Waals surface area contributed by atoms with Gasteiger partial charge in [0.1, 0.15) is 0 Å². The number of amides is 2. The standard InChI is InChI=1S/C28H38N2O5/c1-6-33-23-16-22(17-24(34-7-2)25(23)35-8-3)26(31)30-15-9-14-28(5,19-30)27(32)29-18-21-12-10-20(4)11-13-21/h10-13,16-17H,6-9,14-15,18-19H2,1-5H3,(H,29,32)/t28-/m0/s1. The van der Waals surface area contributed by atoms with Crippen molar-refractivity contribution in [3.05, 3.63) is 53.1 Å². The number of carbonyl (C=O) groups is 2. The van der Waals surface area contributed by atoms with Crippen molar-refractivity contribution in [3.63, 3.8) is 0 Å². The van der Waals surface area contributed by atoms with E-state index in [1.54, 1.807) is 17.0 Å². The van der Waals surface area contributed by atoms with E-state index in [-0.39, 0.29) is 11.8 Å². The Hall–Kier alpha value is -3.22. The summed E-state index contributed by atoms with van der Waals surface area (Å²) in [6.07, 6.45) is 1.49. The molecule has 190 valence electrons. The predicted octanol–water partition coefficient (Wildman–Crippen LogP) is 4.75. The first-order chi connectivity index (χ1) is 16.8. The first-order valence-electron chi connectivity index (χ1n) is 12.5. The van der Waals surface area contributed by atoms with Crippen LogP contribution in [0.1, 0.15) is 62.0 Å². The van der Waals surface area contributed by atoms with Gasteiger partial charge in [0.25, 0.3) is 5.91 Å². The Kier molecular flexibility index (Phi) is 9.01. The molecule has 7 heteroatoms. The largest absolute Gasteiger partial charge is 0.490 e. The van der Waals surface area contributed by atoms with Gasteiger partial charge in [-0.1, -0.05) is 29.8 Å². The van der Waals surface area contributed by atoms with Crippen LogP contribution in [0, 0.1) is 12.3 Å². The molecule has 0 unspecified atom stereocenters. The van der Waals surface area contributed by atoms with Crippen LogP contribution in [0.5, 0.6) is 17.2 Å². The number of benzene rings is 2. The maximum atomic E-state index is 13.5. The molecule has 1 aliphatic rings.